The molecule has 132 valence electrons. The van der Waals surface area contributed by atoms with Gasteiger partial charge >= 0.3 is 0 Å². The molecule has 0 radical (unpaired) electrons. The largest absolute Gasteiger partial charge is 0.371 e. The highest BCUT2D eigenvalue weighted by molar-refractivity contribution is 6.03. The molecule has 4 nitrogen and oxygen atoms in total. The quantitative estimate of drug-likeness (QED) is 0.880. The molecule has 4 heteroatoms. The molecule has 1 unspecified atom stereocenters. The van der Waals surface area contributed by atoms with E-state index >= 15 is 0 Å². The standard InChI is InChI=1S/C21H27N3O/c1-15(2)17-6-8-18(9-7-17)23-21(25)20-13-19(10-11-22-20)24-12-4-5-16(3)14-24/h6-11,13,15-16H,4-5,12,14H2,1-3H3,(H,23,25). The predicted octanol–water partition coefficient (Wildman–Crippen LogP) is 4.69. The lowest BCUT2D eigenvalue weighted by Crippen LogP contribution is -2.34. The Labute approximate surface area is 150 Å². The van der Waals surface area contributed by atoms with Crippen LogP contribution in [-0.4, -0.2) is 24.0 Å². The molecule has 2 aromatic rings. The number of pyridine rings is 1. The molecule has 0 saturated carbocycles. The minimum Gasteiger partial charge on any atom is -0.371 e. The number of hydrogen-bond donors (Lipinski definition) is 1. The first-order valence-corrected chi connectivity index (χ1v) is 9.15. The van der Waals surface area contributed by atoms with Crippen molar-refractivity contribution in [2.75, 3.05) is 23.3 Å². The van der Waals surface area contributed by atoms with Gasteiger partial charge < -0.3 is 10.2 Å². The molecule has 1 fully saturated rings. The average molecular weight is 337 g/mol. The molecule has 0 spiro atoms. The molecule has 1 aromatic heterocycles. The number of rotatable bonds is 4. The molecule has 25 heavy (non-hydrogen) atoms. The van der Waals surface area contributed by atoms with Crippen LogP contribution in [0.25, 0.3) is 0 Å². The second kappa shape index (κ2) is 7.68. The van der Waals surface area contributed by atoms with E-state index in [0.717, 1.165) is 24.5 Å². The van der Waals surface area contributed by atoms with E-state index < -0.39 is 0 Å². The van der Waals surface area contributed by atoms with Gasteiger partial charge in [-0.1, -0.05) is 32.9 Å². The fourth-order valence-corrected chi connectivity index (χ4v) is 3.31. The molecule has 3 rings (SSSR count). The summed E-state index contributed by atoms with van der Waals surface area (Å²) in [6.45, 7) is 8.69. The van der Waals surface area contributed by atoms with E-state index in [1.54, 1.807) is 6.20 Å². The minimum absolute atomic E-state index is 0.163. The highest BCUT2D eigenvalue weighted by atomic mass is 16.1. The van der Waals surface area contributed by atoms with E-state index in [1.807, 2.05) is 24.3 Å². The molecule has 1 atom stereocenters. The van der Waals surface area contributed by atoms with Crippen molar-refractivity contribution in [2.45, 2.75) is 39.5 Å². The number of carbonyl (C=O) groups excluding carboxylic acids is 1. The Morgan fingerprint density at radius 1 is 1.24 bits per heavy atom. The van der Waals surface area contributed by atoms with Gasteiger partial charge in [0.25, 0.3) is 5.91 Å². The maximum Gasteiger partial charge on any atom is 0.274 e. The molecular formula is C21H27N3O. The number of benzene rings is 1. The van der Waals surface area contributed by atoms with Crippen molar-refractivity contribution in [3.63, 3.8) is 0 Å². The number of piperidine rings is 1. The highest BCUT2D eigenvalue weighted by Crippen LogP contribution is 2.23. The van der Waals surface area contributed by atoms with Gasteiger partial charge in [0.1, 0.15) is 5.69 Å². The molecule has 0 bridgehead atoms. The summed E-state index contributed by atoms with van der Waals surface area (Å²) in [7, 11) is 0. The van der Waals surface area contributed by atoms with E-state index in [0.29, 0.717) is 17.5 Å². The summed E-state index contributed by atoms with van der Waals surface area (Å²) in [5.74, 6) is 1.01. The Morgan fingerprint density at radius 2 is 2.00 bits per heavy atom. The third-order valence-electron chi connectivity index (χ3n) is 4.83. The molecule has 1 N–H and O–H groups in total. The van der Waals surface area contributed by atoms with Crippen LogP contribution in [0, 0.1) is 5.92 Å². The lowest BCUT2D eigenvalue weighted by Gasteiger charge is -2.32. The Morgan fingerprint density at radius 3 is 2.68 bits per heavy atom. The summed E-state index contributed by atoms with van der Waals surface area (Å²) in [5, 5.41) is 2.94. The molecule has 1 aliphatic rings. The zero-order chi connectivity index (χ0) is 17.8. The van der Waals surface area contributed by atoms with Crippen LogP contribution in [0.15, 0.2) is 42.6 Å². The van der Waals surface area contributed by atoms with Gasteiger partial charge in [-0.3, -0.25) is 9.78 Å². The highest BCUT2D eigenvalue weighted by Gasteiger charge is 2.18. The summed E-state index contributed by atoms with van der Waals surface area (Å²) >= 11 is 0. The first-order valence-electron chi connectivity index (χ1n) is 9.15. The number of nitrogens with zero attached hydrogens (tertiary/aromatic N) is 2. The van der Waals surface area contributed by atoms with Gasteiger partial charge in [-0.2, -0.15) is 0 Å². The molecule has 2 heterocycles. The van der Waals surface area contributed by atoms with Crippen LogP contribution in [0.5, 0.6) is 0 Å². The van der Waals surface area contributed by atoms with Crippen LogP contribution in [0.3, 0.4) is 0 Å². The van der Waals surface area contributed by atoms with Crippen LogP contribution in [0.4, 0.5) is 11.4 Å². The molecule has 1 aromatic carbocycles. The molecular weight excluding hydrogens is 310 g/mol. The lowest BCUT2D eigenvalue weighted by molar-refractivity contribution is 0.102. The van der Waals surface area contributed by atoms with Crippen LogP contribution in [0.1, 0.15) is 55.6 Å². The van der Waals surface area contributed by atoms with Gasteiger partial charge in [0.15, 0.2) is 0 Å². The van der Waals surface area contributed by atoms with E-state index in [-0.39, 0.29) is 5.91 Å². The van der Waals surface area contributed by atoms with Crippen molar-refractivity contribution in [1.29, 1.82) is 0 Å². The third kappa shape index (κ3) is 4.38. The van der Waals surface area contributed by atoms with E-state index in [4.69, 9.17) is 0 Å². The molecule has 0 aliphatic carbocycles. The van der Waals surface area contributed by atoms with E-state index in [1.165, 1.54) is 18.4 Å². The van der Waals surface area contributed by atoms with E-state index in [9.17, 15) is 4.79 Å². The van der Waals surface area contributed by atoms with Gasteiger partial charge in [0.05, 0.1) is 0 Å². The normalized spacial score (nSPS) is 17.6. The fraction of sp³-hybridized carbons (Fsp3) is 0.429. The monoisotopic (exact) mass is 337 g/mol. The van der Waals surface area contributed by atoms with Crippen LogP contribution < -0.4 is 10.2 Å². The van der Waals surface area contributed by atoms with Crippen molar-refractivity contribution in [1.82, 2.24) is 4.98 Å². The SMILES string of the molecule is CC1CCCN(c2ccnc(C(=O)Nc3ccc(C(C)C)cc3)c2)C1. The van der Waals surface area contributed by atoms with Gasteiger partial charge in [0, 0.05) is 30.7 Å². The second-order valence-electron chi connectivity index (χ2n) is 7.32. The van der Waals surface area contributed by atoms with Crippen LogP contribution in [-0.2, 0) is 0 Å². The summed E-state index contributed by atoms with van der Waals surface area (Å²) in [5.41, 5.74) is 3.61. The number of amides is 1. The number of carbonyl (C=O) groups is 1. The Hall–Kier alpha value is -2.36. The summed E-state index contributed by atoms with van der Waals surface area (Å²) in [6.07, 6.45) is 4.21. The first-order chi connectivity index (χ1) is 12.0. The van der Waals surface area contributed by atoms with Gasteiger partial charge in [-0.15, -0.1) is 0 Å². The zero-order valence-corrected chi connectivity index (χ0v) is 15.3. The van der Waals surface area contributed by atoms with Crippen molar-refractivity contribution in [2.24, 2.45) is 5.92 Å². The Balaban J connectivity index is 1.70. The molecule has 1 aliphatic heterocycles. The molecule has 1 amide bonds. The Kier molecular flexibility index (Phi) is 5.37. The van der Waals surface area contributed by atoms with Crippen LogP contribution >= 0.6 is 0 Å². The Bertz CT molecular complexity index is 724. The van der Waals surface area contributed by atoms with Gasteiger partial charge in [-0.25, -0.2) is 0 Å². The first kappa shape index (κ1) is 17.5. The van der Waals surface area contributed by atoms with Crippen molar-refractivity contribution < 1.29 is 4.79 Å². The van der Waals surface area contributed by atoms with Crippen molar-refractivity contribution in [3.05, 3.63) is 53.9 Å². The van der Waals surface area contributed by atoms with Gasteiger partial charge in [0.2, 0.25) is 0 Å². The second-order valence-corrected chi connectivity index (χ2v) is 7.32. The number of hydrogen-bond acceptors (Lipinski definition) is 3. The third-order valence-corrected chi connectivity index (χ3v) is 4.83. The summed E-state index contributed by atoms with van der Waals surface area (Å²) in [6, 6.07) is 11.9. The summed E-state index contributed by atoms with van der Waals surface area (Å²) < 4.78 is 0. The smallest absolute Gasteiger partial charge is 0.274 e. The molecule has 1 saturated heterocycles. The topological polar surface area (TPSA) is 45.2 Å². The predicted molar refractivity (Wildman–Crippen MR) is 103 cm³/mol. The number of aromatic nitrogens is 1. The number of anilines is 2. The average Bonchev–Trinajstić information content (AvgIpc) is 2.62. The van der Waals surface area contributed by atoms with E-state index in [2.05, 4.69) is 48.1 Å². The minimum atomic E-state index is -0.163. The lowest BCUT2D eigenvalue weighted by atomic mass is 10.00. The van der Waals surface area contributed by atoms with Gasteiger partial charge in [-0.05, 0) is 54.5 Å². The maximum absolute atomic E-state index is 12.5. The van der Waals surface area contributed by atoms with Crippen LogP contribution in [0.2, 0.25) is 0 Å². The van der Waals surface area contributed by atoms with Crippen molar-refractivity contribution in [3.8, 4) is 0 Å². The fourth-order valence-electron chi connectivity index (χ4n) is 3.31. The number of nitrogens with one attached hydrogen (secondary N) is 1. The summed E-state index contributed by atoms with van der Waals surface area (Å²) in [4.78, 5) is 19.1. The zero-order valence-electron chi connectivity index (χ0n) is 15.3. The van der Waals surface area contributed by atoms with Crippen molar-refractivity contribution >= 4 is 17.3 Å². The maximum atomic E-state index is 12.5.